The summed E-state index contributed by atoms with van der Waals surface area (Å²) in [6.45, 7) is 3.16. The molecule has 102 valence electrons. The van der Waals surface area contributed by atoms with Crippen molar-refractivity contribution in [2.45, 2.75) is 26.2 Å². The summed E-state index contributed by atoms with van der Waals surface area (Å²) in [6, 6.07) is 10.6. The van der Waals surface area contributed by atoms with Crippen molar-refractivity contribution in [3.05, 3.63) is 36.0 Å². The molecular weight excluding hydrogens is 300 g/mol. The molecule has 0 aliphatic rings. The third-order valence-corrected chi connectivity index (χ3v) is 3.92. The maximum atomic E-state index is 4.60. The Bertz CT molecular complexity index is 539. The van der Waals surface area contributed by atoms with Gasteiger partial charge in [0.25, 0.3) is 0 Å². The van der Waals surface area contributed by atoms with Crippen LogP contribution in [0.15, 0.2) is 30.3 Å². The van der Waals surface area contributed by atoms with Crippen LogP contribution in [0, 0.1) is 6.92 Å². The van der Waals surface area contributed by atoms with Gasteiger partial charge in [-0.1, -0.05) is 40.5 Å². The van der Waals surface area contributed by atoms with Gasteiger partial charge < -0.3 is 4.90 Å². The van der Waals surface area contributed by atoms with Crippen LogP contribution in [-0.2, 0) is 0 Å². The summed E-state index contributed by atoms with van der Waals surface area (Å²) < 4.78 is 0. The number of hydrogen-bond acceptors (Lipinski definition) is 2. The van der Waals surface area contributed by atoms with E-state index in [-0.39, 0.29) is 0 Å². The lowest BCUT2D eigenvalue weighted by molar-refractivity contribution is 0.712. The van der Waals surface area contributed by atoms with Crippen molar-refractivity contribution in [2.24, 2.45) is 0 Å². The fraction of sp³-hybridized carbons (Fsp3) is 0.438. The summed E-state index contributed by atoms with van der Waals surface area (Å²) in [5.74, 6) is 0. The van der Waals surface area contributed by atoms with Crippen LogP contribution in [-0.4, -0.2) is 23.9 Å². The Morgan fingerprint density at radius 3 is 2.74 bits per heavy atom. The standard InChI is InChI=1S/C16H21BrN2/c1-13-12-16(19(2)11-7-3-6-10-17)14-8-4-5-9-15(14)18-13/h4-5,8-9,12H,3,6-7,10-11H2,1-2H3. The fourth-order valence-electron chi connectivity index (χ4n) is 2.34. The van der Waals surface area contributed by atoms with E-state index in [1.54, 1.807) is 0 Å². The van der Waals surface area contributed by atoms with Gasteiger partial charge in [-0.3, -0.25) is 4.98 Å². The first-order chi connectivity index (χ1) is 9.22. The Kier molecular flexibility index (Phi) is 5.20. The number of aromatic nitrogens is 1. The molecule has 0 N–H and O–H groups in total. The van der Waals surface area contributed by atoms with Crippen LogP contribution in [0.25, 0.3) is 10.9 Å². The molecule has 1 aromatic carbocycles. The third kappa shape index (κ3) is 3.69. The predicted molar refractivity (Wildman–Crippen MR) is 87.4 cm³/mol. The summed E-state index contributed by atoms with van der Waals surface area (Å²) in [5, 5.41) is 2.35. The number of halogens is 1. The van der Waals surface area contributed by atoms with Gasteiger partial charge >= 0.3 is 0 Å². The van der Waals surface area contributed by atoms with Crippen molar-refractivity contribution in [3.63, 3.8) is 0 Å². The monoisotopic (exact) mass is 320 g/mol. The van der Waals surface area contributed by atoms with E-state index in [2.05, 4.69) is 70.1 Å². The van der Waals surface area contributed by atoms with Gasteiger partial charge in [0.1, 0.15) is 0 Å². The van der Waals surface area contributed by atoms with Crippen LogP contribution in [0.5, 0.6) is 0 Å². The Labute approximate surface area is 124 Å². The van der Waals surface area contributed by atoms with Gasteiger partial charge in [-0.25, -0.2) is 0 Å². The zero-order valence-electron chi connectivity index (χ0n) is 11.7. The average Bonchev–Trinajstić information content (AvgIpc) is 2.42. The molecule has 0 amide bonds. The molecule has 0 bridgehead atoms. The van der Waals surface area contributed by atoms with E-state index in [1.165, 1.54) is 30.3 Å². The van der Waals surface area contributed by atoms with E-state index >= 15 is 0 Å². The molecule has 19 heavy (non-hydrogen) atoms. The van der Waals surface area contributed by atoms with E-state index in [0.29, 0.717) is 0 Å². The molecular formula is C16H21BrN2. The van der Waals surface area contributed by atoms with Crippen LogP contribution in [0.3, 0.4) is 0 Å². The second-order valence-corrected chi connectivity index (χ2v) is 5.76. The number of hydrogen-bond donors (Lipinski definition) is 0. The summed E-state index contributed by atoms with van der Waals surface area (Å²) in [4.78, 5) is 6.95. The normalized spacial score (nSPS) is 10.9. The minimum atomic E-state index is 1.08. The van der Waals surface area contributed by atoms with Crippen LogP contribution >= 0.6 is 15.9 Å². The molecule has 0 aliphatic carbocycles. The highest BCUT2D eigenvalue weighted by Gasteiger charge is 2.07. The van der Waals surface area contributed by atoms with Gasteiger partial charge in [0.2, 0.25) is 0 Å². The summed E-state index contributed by atoms with van der Waals surface area (Å²) in [6.07, 6.45) is 3.76. The van der Waals surface area contributed by atoms with E-state index in [0.717, 1.165) is 23.1 Å². The topological polar surface area (TPSA) is 16.1 Å². The van der Waals surface area contributed by atoms with Crippen molar-refractivity contribution in [1.29, 1.82) is 0 Å². The number of benzene rings is 1. The average molecular weight is 321 g/mol. The second kappa shape index (κ2) is 6.90. The minimum Gasteiger partial charge on any atom is -0.374 e. The molecule has 0 spiro atoms. The molecule has 0 radical (unpaired) electrons. The third-order valence-electron chi connectivity index (χ3n) is 3.36. The van der Waals surface area contributed by atoms with Gasteiger partial charge in [0, 0.05) is 35.7 Å². The highest BCUT2D eigenvalue weighted by Crippen LogP contribution is 2.26. The maximum absolute atomic E-state index is 4.60. The fourth-order valence-corrected chi connectivity index (χ4v) is 2.74. The number of anilines is 1. The molecule has 2 aromatic rings. The highest BCUT2D eigenvalue weighted by molar-refractivity contribution is 9.09. The molecule has 0 aliphatic heterocycles. The largest absolute Gasteiger partial charge is 0.374 e. The van der Waals surface area contributed by atoms with Crippen LogP contribution in [0.2, 0.25) is 0 Å². The number of aryl methyl sites for hydroxylation is 1. The number of fused-ring (bicyclic) bond motifs is 1. The molecule has 0 atom stereocenters. The zero-order chi connectivity index (χ0) is 13.7. The van der Waals surface area contributed by atoms with E-state index in [9.17, 15) is 0 Å². The predicted octanol–water partition coefficient (Wildman–Crippen LogP) is 4.54. The number of unbranched alkanes of at least 4 members (excludes halogenated alkanes) is 2. The smallest absolute Gasteiger partial charge is 0.0726 e. The molecule has 1 heterocycles. The lowest BCUT2D eigenvalue weighted by Crippen LogP contribution is -2.19. The number of alkyl halides is 1. The van der Waals surface area contributed by atoms with Gasteiger partial charge in [-0.15, -0.1) is 0 Å². The van der Waals surface area contributed by atoms with Crippen molar-refractivity contribution in [2.75, 3.05) is 23.8 Å². The quantitative estimate of drug-likeness (QED) is 0.573. The number of nitrogens with zero attached hydrogens (tertiary/aromatic N) is 2. The van der Waals surface area contributed by atoms with Crippen molar-refractivity contribution in [1.82, 2.24) is 4.98 Å². The molecule has 0 saturated heterocycles. The van der Waals surface area contributed by atoms with Gasteiger partial charge in [0.15, 0.2) is 0 Å². The Hall–Kier alpha value is -1.09. The highest BCUT2D eigenvalue weighted by atomic mass is 79.9. The van der Waals surface area contributed by atoms with Gasteiger partial charge in [-0.2, -0.15) is 0 Å². The first kappa shape index (κ1) is 14.3. The van der Waals surface area contributed by atoms with E-state index in [1.807, 2.05) is 0 Å². The lowest BCUT2D eigenvalue weighted by Gasteiger charge is -2.21. The molecule has 0 fully saturated rings. The van der Waals surface area contributed by atoms with Crippen molar-refractivity contribution >= 4 is 32.5 Å². The van der Waals surface area contributed by atoms with Gasteiger partial charge in [0.05, 0.1) is 5.52 Å². The number of pyridine rings is 1. The first-order valence-electron chi connectivity index (χ1n) is 6.86. The second-order valence-electron chi connectivity index (χ2n) is 4.97. The zero-order valence-corrected chi connectivity index (χ0v) is 13.3. The number of rotatable bonds is 6. The molecule has 1 aromatic heterocycles. The summed E-state index contributed by atoms with van der Waals surface area (Å²) in [7, 11) is 2.18. The lowest BCUT2D eigenvalue weighted by atomic mass is 10.1. The van der Waals surface area contributed by atoms with Gasteiger partial charge in [-0.05, 0) is 31.9 Å². The molecule has 2 rings (SSSR count). The molecule has 0 unspecified atom stereocenters. The minimum absolute atomic E-state index is 1.08. The Morgan fingerprint density at radius 2 is 1.95 bits per heavy atom. The molecule has 2 nitrogen and oxygen atoms in total. The molecule has 0 saturated carbocycles. The van der Waals surface area contributed by atoms with Crippen molar-refractivity contribution in [3.8, 4) is 0 Å². The Balaban J connectivity index is 2.18. The van der Waals surface area contributed by atoms with Crippen LogP contribution < -0.4 is 4.90 Å². The first-order valence-corrected chi connectivity index (χ1v) is 7.98. The number of para-hydroxylation sites is 1. The summed E-state index contributed by atoms with van der Waals surface area (Å²) >= 11 is 3.48. The SMILES string of the molecule is Cc1cc(N(C)CCCCCBr)c2ccccc2n1. The van der Waals surface area contributed by atoms with E-state index in [4.69, 9.17) is 0 Å². The molecule has 3 heteroatoms. The van der Waals surface area contributed by atoms with Crippen molar-refractivity contribution < 1.29 is 0 Å². The van der Waals surface area contributed by atoms with Crippen LogP contribution in [0.4, 0.5) is 5.69 Å². The van der Waals surface area contributed by atoms with E-state index < -0.39 is 0 Å². The Morgan fingerprint density at radius 1 is 1.16 bits per heavy atom. The summed E-state index contributed by atoms with van der Waals surface area (Å²) in [5.41, 5.74) is 3.47. The van der Waals surface area contributed by atoms with Crippen LogP contribution in [0.1, 0.15) is 25.0 Å². The maximum Gasteiger partial charge on any atom is 0.0726 e.